The Labute approximate surface area is 179 Å². The summed E-state index contributed by atoms with van der Waals surface area (Å²) in [5.74, 6) is 0.269. The molecule has 1 saturated heterocycles. The third-order valence-corrected chi connectivity index (χ3v) is 5.24. The van der Waals surface area contributed by atoms with Crippen LogP contribution in [0.1, 0.15) is 17.2 Å². The summed E-state index contributed by atoms with van der Waals surface area (Å²) in [7, 11) is 0. The molecule has 3 aromatic carbocycles. The highest BCUT2D eigenvalue weighted by molar-refractivity contribution is 5.91. The number of aliphatic hydroxyl groups is 1. The molecule has 4 rings (SSSR count). The second-order valence-corrected chi connectivity index (χ2v) is 7.38. The van der Waals surface area contributed by atoms with E-state index in [2.05, 4.69) is 0 Å². The van der Waals surface area contributed by atoms with E-state index < -0.39 is 30.2 Å². The van der Waals surface area contributed by atoms with Gasteiger partial charge in [0.25, 0.3) is 0 Å². The highest BCUT2D eigenvalue weighted by atomic mass is 19.1. The minimum absolute atomic E-state index is 0.0716. The number of para-hydroxylation sites is 1. The largest absolute Gasteiger partial charge is 0.508 e. The number of hydrogen-bond donors (Lipinski definition) is 2. The number of ether oxygens (including phenoxy) is 2. The number of benzene rings is 3. The van der Waals surface area contributed by atoms with Gasteiger partial charge in [-0.2, -0.15) is 0 Å². The Balaban J connectivity index is 1.63. The molecule has 6 nitrogen and oxygen atoms in total. The molecule has 0 spiro atoms. The number of cyclic esters (lactones) is 1. The number of hydrogen-bond acceptors (Lipinski definition) is 5. The fourth-order valence-corrected chi connectivity index (χ4v) is 3.65. The van der Waals surface area contributed by atoms with Gasteiger partial charge in [0.05, 0.1) is 0 Å². The molecule has 2 N–H and O–H groups in total. The van der Waals surface area contributed by atoms with Gasteiger partial charge < -0.3 is 19.7 Å². The van der Waals surface area contributed by atoms with Crippen molar-refractivity contribution in [2.75, 3.05) is 11.5 Å². The van der Waals surface area contributed by atoms with Crippen LogP contribution in [0.4, 0.5) is 14.9 Å². The Morgan fingerprint density at radius 3 is 2.42 bits per heavy atom. The molecule has 0 aliphatic carbocycles. The van der Waals surface area contributed by atoms with E-state index in [0.29, 0.717) is 17.0 Å². The van der Waals surface area contributed by atoms with E-state index in [1.165, 1.54) is 41.3 Å². The number of carbonyl (C=O) groups excluding carboxylic acids is 1. The highest BCUT2D eigenvalue weighted by Gasteiger charge is 2.47. The number of aliphatic hydroxyl groups excluding tert-OH is 1. The molecule has 0 aromatic heterocycles. The summed E-state index contributed by atoms with van der Waals surface area (Å²) >= 11 is 0. The topological polar surface area (TPSA) is 79.2 Å². The fourth-order valence-electron chi connectivity index (χ4n) is 3.65. The monoisotopic (exact) mass is 423 g/mol. The Hall–Kier alpha value is -3.58. The number of nitrogens with zero attached hydrogens (tertiary/aromatic N) is 1. The molecule has 3 unspecified atom stereocenters. The summed E-state index contributed by atoms with van der Waals surface area (Å²) in [4.78, 5) is 14.1. The smallest absolute Gasteiger partial charge is 0.415 e. The van der Waals surface area contributed by atoms with Crippen molar-refractivity contribution in [2.45, 2.75) is 25.2 Å². The van der Waals surface area contributed by atoms with Crippen molar-refractivity contribution in [3.8, 4) is 11.5 Å². The van der Waals surface area contributed by atoms with Crippen molar-refractivity contribution in [1.29, 1.82) is 0 Å². The second-order valence-electron chi connectivity index (χ2n) is 7.38. The molecule has 160 valence electrons. The first-order valence-corrected chi connectivity index (χ1v) is 9.85. The molecule has 1 fully saturated rings. The van der Waals surface area contributed by atoms with Crippen molar-refractivity contribution in [3.05, 3.63) is 89.7 Å². The van der Waals surface area contributed by atoms with Gasteiger partial charge in [0.2, 0.25) is 0 Å². The molecule has 31 heavy (non-hydrogen) atoms. The normalized spacial score (nSPS) is 19.2. The number of phenolic OH excluding ortho intramolecular Hbond substituents is 1. The summed E-state index contributed by atoms with van der Waals surface area (Å²) in [5.41, 5.74) is 1.99. The van der Waals surface area contributed by atoms with Crippen LogP contribution in [0.25, 0.3) is 0 Å². The molecule has 1 amide bonds. The third kappa shape index (κ3) is 4.32. The van der Waals surface area contributed by atoms with Crippen molar-refractivity contribution < 1.29 is 28.9 Å². The number of carbonyl (C=O) groups is 1. The molecule has 1 aliphatic heterocycles. The van der Waals surface area contributed by atoms with Crippen molar-refractivity contribution in [3.63, 3.8) is 0 Å². The molecule has 3 aromatic rings. The van der Waals surface area contributed by atoms with E-state index in [4.69, 9.17) is 9.47 Å². The van der Waals surface area contributed by atoms with Crippen LogP contribution < -0.4 is 9.64 Å². The number of rotatable bonds is 6. The lowest BCUT2D eigenvalue weighted by Gasteiger charge is -2.27. The predicted octanol–water partition coefficient (Wildman–Crippen LogP) is 4.35. The molecule has 0 bridgehead atoms. The van der Waals surface area contributed by atoms with Crippen molar-refractivity contribution in [2.24, 2.45) is 0 Å². The van der Waals surface area contributed by atoms with Crippen LogP contribution in [0, 0.1) is 12.7 Å². The van der Waals surface area contributed by atoms with E-state index in [0.717, 1.165) is 5.56 Å². The lowest BCUT2D eigenvalue weighted by Crippen LogP contribution is -2.38. The van der Waals surface area contributed by atoms with Crippen LogP contribution in [0.5, 0.6) is 11.5 Å². The zero-order valence-electron chi connectivity index (χ0n) is 16.8. The van der Waals surface area contributed by atoms with Crippen molar-refractivity contribution in [1.82, 2.24) is 0 Å². The fraction of sp³-hybridized carbons (Fsp3) is 0.208. The van der Waals surface area contributed by atoms with Crippen LogP contribution in [0.2, 0.25) is 0 Å². The Morgan fingerprint density at radius 1 is 1.06 bits per heavy atom. The lowest BCUT2D eigenvalue weighted by molar-refractivity contribution is -0.00658. The van der Waals surface area contributed by atoms with Gasteiger partial charge in [-0.1, -0.05) is 30.3 Å². The number of anilines is 1. The SMILES string of the molecule is Cc1ccccc1OCC(O)C1OC(=O)N(c2ccc(F)cc2)C1c1ccc(O)cc1. The van der Waals surface area contributed by atoms with Gasteiger partial charge in [0, 0.05) is 5.69 Å². The zero-order valence-corrected chi connectivity index (χ0v) is 16.8. The van der Waals surface area contributed by atoms with Crippen LogP contribution in [0.3, 0.4) is 0 Å². The second kappa shape index (κ2) is 8.65. The molecule has 1 heterocycles. The predicted molar refractivity (Wildman–Crippen MR) is 113 cm³/mol. The maximum Gasteiger partial charge on any atom is 0.415 e. The molecule has 0 radical (unpaired) electrons. The summed E-state index contributed by atoms with van der Waals surface area (Å²) in [6.07, 6.45) is -2.73. The maximum atomic E-state index is 13.4. The standard InChI is InChI=1S/C24H22FNO5/c1-15-4-2-3-5-21(15)30-14-20(28)23-22(16-6-12-19(27)13-7-16)26(24(29)31-23)18-10-8-17(25)9-11-18/h2-13,20,22-23,27-28H,14H2,1H3. The van der Waals surface area contributed by atoms with Gasteiger partial charge in [0.15, 0.2) is 6.10 Å². The summed E-state index contributed by atoms with van der Waals surface area (Å²) < 4.78 is 24.7. The van der Waals surface area contributed by atoms with Gasteiger partial charge in [0.1, 0.15) is 36.1 Å². The maximum absolute atomic E-state index is 13.4. The molecule has 3 atom stereocenters. The number of amides is 1. The van der Waals surface area contributed by atoms with Gasteiger partial charge in [-0.25, -0.2) is 9.18 Å². The zero-order chi connectivity index (χ0) is 22.0. The molecule has 1 aliphatic rings. The van der Waals surface area contributed by atoms with Gasteiger partial charge in [-0.3, -0.25) is 4.90 Å². The lowest BCUT2D eigenvalue weighted by atomic mass is 9.96. The summed E-state index contributed by atoms with van der Waals surface area (Å²) in [6.45, 7) is 1.81. The Bertz CT molecular complexity index is 1050. The Kier molecular flexibility index (Phi) is 5.77. The van der Waals surface area contributed by atoms with Crippen LogP contribution >= 0.6 is 0 Å². The van der Waals surface area contributed by atoms with Crippen LogP contribution in [-0.4, -0.2) is 35.1 Å². The van der Waals surface area contributed by atoms with Gasteiger partial charge >= 0.3 is 6.09 Å². The number of phenols is 1. The molecule has 0 saturated carbocycles. The van der Waals surface area contributed by atoms with E-state index in [-0.39, 0.29) is 12.4 Å². The van der Waals surface area contributed by atoms with E-state index >= 15 is 0 Å². The van der Waals surface area contributed by atoms with E-state index in [1.807, 2.05) is 25.1 Å². The average Bonchev–Trinajstić information content (AvgIpc) is 3.11. The van der Waals surface area contributed by atoms with Gasteiger partial charge in [-0.05, 0) is 60.5 Å². The number of aromatic hydroxyl groups is 1. The van der Waals surface area contributed by atoms with Crippen LogP contribution in [-0.2, 0) is 4.74 Å². The van der Waals surface area contributed by atoms with Gasteiger partial charge in [-0.15, -0.1) is 0 Å². The minimum atomic E-state index is -1.13. The average molecular weight is 423 g/mol. The van der Waals surface area contributed by atoms with Crippen molar-refractivity contribution >= 4 is 11.8 Å². The minimum Gasteiger partial charge on any atom is -0.508 e. The molecular weight excluding hydrogens is 401 g/mol. The molecule has 7 heteroatoms. The quantitative estimate of drug-likeness (QED) is 0.616. The Morgan fingerprint density at radius 2 is 1.74 bits per heavy atom. The first-order valence-electron chi connectivity index (χ1n) is 9.85. The van der Waals surface area contributed by atoms with E-state index in [9.17, 15) is 19.4 Å². The van der Waals surface area contributed by atoms with E-state index in [1.54, 1.807) is 18.2 Å². The third-order valence-electron chi connectivity index (χ3n) is 5.24. The first-order chi connectivity index (χ1) is 14.9. The first kappa shape index (κ1) is 20.7. The number of aryl methyl sites for hydroxylation is 1. The summed E-state index contributed by atoms with van der Waals surface area (Å²) in [5, 5.41) is 20.5. The molecular formula is C24H22FNO5. The number of halogens is 1. The van der Waals surface area contributed by atoms with Crippen LogP contribution in [0.15, 0.2) is 72.8 Å². The summed E-state index contributed by atoms with van der Waals surface area (Å²) in [6, 6.07) is 18.5. The highest BCUT2D eigenvalue weighted by Crippen LogP contribution is 2.39.